The zero-order valence-corrected chi connectivity index (χ0v) is 20.4. The third-order valence-corrected chi connectivity index (χ3v) is 7.66. The molecule has 0 saturated heterocycles. The molecule has 4 nitrogen and oxygen atoms in total. The number of benzene rings is 3. The Morgan fingerprint density at radius 2 is 1.29 bits per heavy atom. The van der Waals surface area contributed by atoms with Crippen LogP contribution in [0.5, 0.6) is 17.2 Å². The second-order valence-electron chi connectivity index (χ2n) is 5.91. The van der Waals surface area contributed by atoms with Gasteiger partial charge in [0.15, 0.2) is 11.5 Å². The van der Waals surface area contributed by atoms with Crippen LogP contribution in [-0.4, -0.2) is 15.5 Å². The maximum atomic E-state index is 12.8. The van der Waals surface area contributed by atoms with Gasteiger partial charge in [0.25, 0.3) is 0 Å². The zero-order chi connectivity index (χ0) is 20.5. The first-order chi connectivity index (χ1) is 13.2. The molecule has 0 fully saturated rings. The number of halogens is 3. The van der Waals surface area contributed by atoms with Gasteiger partial charge in [0.1, 0.15) is 10.2 Å². The van der Waals surface area contributed by atoms with Crippen LogP contribution in [0.1, 0.15) is 5.56 Å². The van der Waals surface area contributed by atoms with E-state index in [1.54, 1.807) is 43.5 Å². The molecule has 3 rings (SSSR count). The third-order valence-electron chi connectivity index (χ3n) is 3.98. The minimum Gasteiger partial charge on any atom is -0.494 e. The number of aryl methyl sites for hydroxylation is 1. The van der Waals surface area contributed by atoms with Gasteiger partial charge in [-0.2, -0.15) is 0 Å². The Kier molecular flexibility index (Phi) is 6.54. The molecule has 3 aromatic carbocycles. The van der Waals surface area contributed by atoms with E-state index in [1.165, 1.54) is 12.1 Å². The lowest BCUT2D eigenvalue weighted by Crippen LogP contribution is -2.02. The second kappa shape index (κ2) is 8.57. The predicted molar refractivity (Wildman–Crippen MR) is 119 cm³/mol. The van der Waals surface area contributed by atoms with E-state index in [0.717, 1.165) is 10.0 Å². The van der Waals surface area contributed by atoms with Crippen molar-refractivity contribution < 1.29 is 17.9 Å². The molecule has 0 spiro atoms. The molecular formula is C20H15Br3O4S. The van der Waals surface area contributed by atoms with Crippen molar-refractivity contribution in [3.05, 3.63) is 73.6 Å². The van der Waals surface area contributed by atoms with Gasteiger partial charge in [-0.05, 0) is 97.2 Å². The molecule has 0 amide bonds. The number of hydrogen-bond acceptors (Lipinski definition) is 4. The van der Waals surface area contributed by atoms with Gasteiger partial charge in [-0.25, -0.2) is 8.42 Å². The van der Waals surface area contributed by atoms with Crippen molar-refractivity contribution in [2.75, 3.05) is 7.11 Å². The lowest BCUT2D eigenvalue weighted by molar-refractivity contribution is 0.402. The number of hydrogen-bond donors (Lipinski definition) is 0. The van der Waals surface area contributed by atoms with Gasteiger partial charge in [0.2, 0.25) is 9.84 Å². The topological polar surface area (TPSA) is 52.6 Å². The fourth-order valence-corrected chi connectivity index (χ4v) is 6.36. The van der Waals surface area contributed by atoms with Crippen molar-refractivity contribution >= 4 is 57.6 Å². The monoisotopic (exact) mass is 588 g/mol. The van der Waals surface area contributed by atoms with Crippen LogP contribution in [0.2, 0.25) is 0 Å². The Labute approximate surface area is 189 Å². The number of sulfone groups is 1. The average Bonchev–Trinajstić information content (AvgIpc) is 2.66. The minimum atomic E-state index is -3.58. The number of methoxy groups -OCH3 is 1. The minimum absolute atomic E-state index is 0.204. The highest BCUT2D eigenvalue weighted by Gasteiger charge is 2.19. The summed E-state index contributed by atoms with van der Waals surface area (Å²) in [7, 11) is -2.02. The smallest absolute Gasteiger partial charge is 0.206 e. The Balaban J connectivity index is 1.91. The van der Waals surface area contributed by atoms with E-state index in [0.29, 0.717) is 26.2 Å². The van der Waals surface area contributed by atoms with E-state index in [-0.39, 0.29) is 9.79 Å². The van der Waals surface area contributed by atoms with Crippen molar-refractivity contribution in [1.29, 1.82) is 0 Å². The van der Waals surface area contributed by atoms with E-state index < -0.39 is 9.84 Å². The molecule has 0 atom stereocenters. The lowest BCUT2D eigenvalue weighted by atomic mass is 10.2. The van der Waals surface area contributed by atoms with Crippen LogP contribution in [0.3, 0.4) is 0 Å². The normalized spacial score (nSPS) is 11.3. The molecule has 0 unspecified atom stereocenters. The summed E-state index contributed by atoms with van der Waals surface area (Å²) in [6.07, 6.45) is 0. The molecule has 0 bridgehead atoms. The van der Waals surface area contributed by atoms with Crippen molar-refractivity contribution in [1.82, 2.24) is 0 Å². The molecule has 0 aromatic heterocycles. The highest BCUT2D eigenvalue weighted by molar-refractivity contribution is 9.11. The summed E-state index contributed by atoms with van der Waals surface area (Å²) in [5.74, 6) is 1.61. The SMILES string of the molecule is COc1c(Br)cc(Br)c(Oc2ccc(S(=O)(=O)c3ccc(C)cc3)cc2)c1Br. The van der Waals surface area contributed by atoms with Crippen LogP contribution in [0.4, 0.5) is 0 Å². The van der Waals surface area contributed by atoms with Crippen molar-refractivity contribution in [2.45, 2.75) is 16.7 Å². The van der Waals surface area contributed by atoms with Gasteiger partial charge >= 0.3 is 0 Å². The van der Waals surface area contributed by atoms with Crippen LogP contribution in [0, 0.1) is 6.92 Å². The summed E-state index contributed by atoms with van der Waals surface area (Å²) in [5, 5.41) is 0. The van der Waals surface area contributed by atoms with Gasteiger partial charge in [-0.1, -0.05) is 17.7 Å². The third kappa shape index (κ3) is 4.30. The van der Waals surface area contributed by atoms with Gasteiger partial charge < -0.3 is 9.47 Å². The van der Waals surface area contributed by atoms with Crippen molar-refractivity contribution in [3.8, 4) is 17.2 Å². The molecular weight excluding hydrogens is 576 g/mol. The van der Waals surface area contributed by atoms with Crippen molar-refractivity contribution in [2.24, 2.45) is 0 Å². The first-order valence-electron chi connectivity index (χ1n) is 8.05. The van der Waals surface area contributed by atoms with E-state index >= 15 is 0 Å². The van der Waals surface area contributed by atoms with Crippen LogP contribution < -0.4 is 9.47 Å². The molecule has 0 saturated carbocycles. The van der Waals surface area contributed by atoms with Gasteiger partial charge in [0, 0.05) is 0 Å². The summed E-state index contributed by atoms with van der Waals surface area (Å²) >= 11 is 10.4. The molecule has 0 aliphatic rings. The first-order valence-corrected chi connectivity index (χ1v) is 11.9. The largest absolute Gasteiger partial charge is 0.494 e. The summed E-state index contributed by atoms with van der Waals surface area (Å²) in [5.41, 5.74) is 1.00. The molecule has 0 aliphatic heterocycles. The summed E-state index contributed by atoms with van der Waals surface area (Å²) in [4.78, 5) is 0.463. The zero-order valence-electron chi connectivity index (χ0n) is 14.9. The van der Waals surface area contributed by atoms with Crippen molar-refractivity contribution in [3.63, 3.8) is 0 Å². The Hall–Kier alpha value is -1.35. The molecule has 0 N–H and O–H groups in total. The Bertz CT molecular complexity index is 1110. The second-order valence-corrected chi connectivity index (χ2v) is 10.4. The molecule has 0 radical (unpaired) electrons. The highest BCUT2D eigenvalue weighted by atomic mass is 79.9. The molecule has 3 aromatic rings. The molecule has 8 heteroatoms. The van der Waals surface area contributed by atoms with Crippen LogP contribution in [0.15, 0.2) is 77.8 Å². The molecule has 146 valence electrons. The quantitative estimate of drug-likeness (QED) is 0.324. The summed E-state index contributed by atoms with van der Waals surface area (Å²) < 4.78 is 38.9. The predicted octanol–water partition coefficient (Wildman–Crippen LogP) is 6.92. The van der Waals surface area contributed by atoms with Gasteiger partial charge in [0.05, 0.1) is 25.8 Å². The average molecular weight is 591 g/mol. The lowest BCUT2D eigenvalue weighted by Gasteiger charge is -2.14. The maximum absolute atomic E-state index is 12.8. The maximum Gasteiger partial charge on any atom is 0.206 e. The summed E-state index contributed by atoms with van der Waals surface area (Å²) in [6.45, 7) is 1.91. The Morgan fingerprint density at radius 1 is 0.786 bits per heavy atom. The van der Waals surface area contributed by atoms with Crippen LogP contribution in [0.25, 0.3) is 0 Å². The van der Waals surface area contributed by atoms with Gasteiger partial charge in [-0.15, -0.1) is 0 Å². The molecule has 0 aliphatic carbocycles. The van der Waals surface area contributed by atoms with E-state index in [1.807, 2.05) is 13.0 Å². The molecule has 0 heterocycles. The number of rotatable bonds is 5. The highest BCUT2D eigenvalue weighted by Crippen LogP contribution is 2.46. The molecule has 28 heavy (non-hydrogen) atoms. The van der Waals surface area contributed by atoms with E-state index in [9.17, 15) is 8.42 Å². The van der Waals surface area contributed by atoms with Crippen LogP contribution in [-0.2, 0) is 9.84 Å². The van der Waals surface area contributed by atoms with Crippen LogP contribution >= 0.6 is 47.8 Å². The Morgan fingerprint density at radius 3 is 1.82 bits per heavy atom. The summed E-state index contributed by atoms with van der Waals surface area (Å²) in [6, 6.07) is 14.9. The number of ether oxygens (including phenoxy) is 2. The first kappa shape index (κ1) is 21.4. The standard InChI is InChI=1S/C20H15Br3O4S/c1-12-3-7-14(8-4-12)28(24,25)15-9-5-13(6-10-15)27-20-17(22)11-16(21)19(26-2)18(20)23/h3-11H,1-2H3. The fraction of sp³-hybridized carbons (Fsp3) is 0.100. The van der Waals surface area contributed by atoms with E-state index in [4.69, 9.17) is 9.47 Å². The van der Waals surface area contributed by atoms with E-state index in [2.05, 4.69) is 47.8 Å². The fourth-order valence-electron chi connectivity index (χ4n) is 2.49. The van der Waals surface area contributed by atoms with Gasteiger partial charge in [-0.3, -0.25) is 0 Å².